The van der Waals surface area contributed by atoms with Crippen molar-refractivity contribution in [3.8, 4) is 0 Å². The molecule has 0 spiro atoms. The number of benzene rings is 2. The molecule has 100 valence electrons. The second-order valence-electron chi connectivity index (χ2n) is 5.47. The van der Waals surface area contributed by atoms with E-state index >= 15 is 0 Å². The van der Waals surface area contributed by atoms with Crippen LogP contribution < -0.4 is 0 Å². The van der Waals surface area contributed by atoms with Crippen molar-refractivity contribution in [2.24, 2.45) is 0 Å². The van der Waals surface area contributed by atoms with Gasteiger partial charge >= 0.3 is 0 Å². The van der Waals surface area contributed by atoms with Gasteiger partial charge in [0, 0.05) is 17.1 Å². The van der Waals surface area contributed by atoms with Gasteiger partial charge in [-0.15, -0.1) is 0 Å². The molecule has 2 aliphatic heterocycles. The fourth-order valence-corrected chi connectivity index (χ4v) is 3.61. The average Bonchev–Trinajstić information content (AvgIpc) is 2.47. The maximum Gasteiger partial charge on any atom is 0.254 e. The predicted octanol–water partition coefficient (Wildman–Crippen LogP) is 3.64. The number of halogens is 1. The number of fused-ring (bicyclic) bond motifs is 4. The lowest BCUT2D eigenvalue weighted by Gasteiger charge is -2.41. The molecular weight excluding hydrogens is 270 g/mol. The van der Waals surface area contributed by atoms with Crippen LogP contribution in [0.4, 0.5) is 0 Å². The monoisotopic (exact) mass is 283 g/mol. The summed E-state index contributed by atoms with van der Waals surface area (Å²) in [5, 5.41) is 0.703. The summed E-state index contributed by atoms with van der Waals surface area (Å²) in [4.78, 5) is 14.7. The highest BCUT2D eigenvalue weighted by molar-refractivity contribution is 6.30. The number of hydrogen-bond donors (Lipinski definition) is 0. The maximum absolute atomic E-state index is 12.7. The third-order valence-electron chi connectivity index (χ3n) is 4.38. The minimum Gasteiger partial charge on any atom is -0.331 e. The molecule has 1 amide bonds. The van der Waals surface area contributed by atoms with Crippen molar-refractivity contribution in [2.75, 3.05) is 6.54 Å². The van der Waals surface area contributed by atoms with Crippen molar-refractivity contribution in [2.45, 2.75) is 18.9 Å². The van der Waals surface area contributed by atoms with Gasteiger partial charge in [-0.2, -0.15) is 0 Å². The van der Waals surface area contributed by atoms with Gasteiger partial charge in [-0.1, -0.05) is 35.9 Å². The molecular formula is C17H14ClNO. The van der Waals surface area contributed by atoms with Gasteiger partial charge in [0.25, 0.3) is 5.91 Å². The van der Waals surface area contributed by atoms with E-state index in [1.54, 1.807) is 6.07 Å². The molecule has 0 saturated carbocycles. The van der Waals surface area contributed by atoms with E-state index in [4.69, 9.17) is 11.6 Å². The third-order valence-corrected chi connectivity index (χ3v) is 4.62. The lowest BCUT2D eigenvalue weighted by atomic mass is 9.84. The fourth-order valence-electron chi connectivity index (χ4n) is 3.42. The topological polar surface area (TPSA) is 20.3 Å². The first-order valence-corrected chi connectivity index (χ1v) is 7.29. The first kappa shape index (κ1) is 12.0. The zero-order chi connectivity index (χ0) is 13.7. The molecule has 0 N–H and O–H groups in total. The molecule has 2 heterocycles. The molecule has 2 aliphatic rings. The molecule has 0 aliphatic carbocycles. The van der Waals surface area contributed by atoms with Gasteiger partial charge in [-0.25, -0.2) is 0 Å². The molecule has 2 nitrogen and oxygen atoms in total. The quantitative estimate of drug-likeness (QED) is 0.723. The minimum atomic E-state index is 0.141. The van der Waals surface area contributed by atoms with Crippen LogP contribution in [0.3, 0.4) is 0 Å². The number of carbonyl (C=O) groups excluding carboxylic acids is 1. The Balaban J connectivity index is 1.85. The number of nitrogens with zero attached hydrogens (tertiary/aromatic N) is 1. The van der Waals surface area contributed by atoms with Crippen LogP contribution in [0.25, 0.3) is 0 Å². The standard InChI is InChI=1S/C17H14ClNO/c18-13-5-6-15-12(9-13)10-16-14-4-2-1-3-11(14)7-8-19(16)17(15)20/h1-6,9,16H,7-8,10H2/t16-/m1/s1. The van der Waals surface area contributed by atoms with Crippen molar-refractivity contribution in [3.05, 3.63) is 69.7 Å². The first-order chi connectivity index (χ1) is 9.74. The van der Waals surface area contributed by atoms with E-state index in [1.165, 1.54) is 11.1 Å². The highest BCUT2D eigenvalue weighted by Gasteiger charge is 2.36. The molecule has 0 fully saturated rings. The molecule has 2 aromatic rings. The molecule has 4 rings (SSSR count). The Labute approximate surface area is 123 Å². The summed E-state index contributed by atoms with van der Waals surface area (Å²) in [5.74, 6) is 0.141. The highest BCUT2D eigenvalue weighted by Crippen LogP contribution is 2.38. The van der Waals surface area contributed by atoms with Crippen molar-refractivity contribution in [1.82, 2.24) is 4.90 Å². The summed E-state index contributed by atoms with van der Waals surface area (Å²) in [6.07, 6.45) is 1.81. The molecule has 0 radical (unpaired) electrons. The van der Waals surface area contributed by atoms with Crippen LogP contribution in [0, 0.1) is 0 Å². The highest BCUT2D eigenvalue weighted by atomic mass is 35.5. The van der Waals surface area contributed by atoms with Gasteiger partial charge in [0.2, 0.25) is 0 Å². The number of hydrogen-bond acceptors (Lipinski definition) is 1. The van der Waals surface area contributed by atoms with Gasteiger partial charge in [0.1, 0.15) is 0 Å². The summed E-state index contributed by atoms with van der Waals surface area (Å²) < 4.78 is 0. The van der Waals surface area contributed by atoms with Crippen molar-refractivity contribution < 1.29 is 4.79 Å². The number of amides is 1. The Morgan fingerprint density at radius 2 is 1.95 bits per heavy atom. The van der Waals surface area contributed by atoms with Gasteiger partial charge in [0.15, 0.2) is 0 Å². The van der Waals surface area contributed by atoms with E-state index in [9.17, 15) is 4.79 Å². The number of rotatable bonds is 0. The molecule has 2 aromatic carbocycles. The van der Waals surface area contributed by atoms with E-state index in [-0.39, 0.29) is 11.9 Å². The molecule has 20 heavy (non-hydrogen) atoms. The summed E-state index contributed by atoms with van der Waals surface area (Å²) in [6, 6.07) is 14.2. The lowest BCUT2D eigenvalue weighted by molar-refractivity contribution is 0.0632. The molecule has 0 saturated heterocycles. The smallest absolute Gasteiger partial charge is 0.254 e. The lowest BCUT2D eigenvalue weighted by Crippen LogP contribution is -2.44. The predicted molar refractivity (Wildman–Crippen MR) is 79.1 cm³/mol. The Morgan fingerprint density at radius 3 is 2.85 bits per heavy atom. The zero-order valence-corrected chi connectivity index (χ0v) is 11.7. The Hall–Kier alpha value is -1.80. The van der Waals surface area contributed by atoms with Crippen LogP contribution in [-0.4, -0.2) is 17.4 Å². The third kappa shape index (κ3) is 1.68. The van der Waals surface area contributed by atoms with Gasteiger partial charge in [-0.3, -0.25) is 4.79 Å². The Morgan fingerprint density at radius 1 is 1.10 bits per heavy atom. The van der Waals surface area contributed by atoms with Crippen molar-refractivity contribution in [3.63, 3.8) is 0 Å². The zero-order valence-electron chi connectivity index (χ0n) is 11.0. The maximum atomic E-state index is 12.7. The van der Waals surface area contributed by atoms with E-state index < -0.39 is 0 Å². The second-order valence-corrected chi connectivity index (χ2v) is 5.91. The average molecular weight is 284 g/mol. The van der Waals surface area contributed by atoms with Crippen LogP contribution in [0.15, 0.2) is 42.5 Å². The van der Waals surface area contributed by atoms with E-state index in [0.29, 0.717) is 5.02 Å². The van der Waals surface area contributed by atoms with E-state index in [1.807, 2.05) is 17.0 Å². The summed E-state index contributed by atoms with van der Waals surface area (Å²) in [5.41, 5.74) is 4.54. The number of carbonyl (C=O) groups is 1. The van der Waals surface area contributed by atoms with Crippen LogP contribution in [0.5, 0.6) is 0 Å². The molecule has 1 atom stereocenters. The first-order valence-electron chi connectivity index (χ1n) is 6.91. The van der Waals surface area contributed by atoms with Gasteiger partial charge in [-0.05, 0) is 47.7 Å². The fraction of sp³-hybridized carbons (Fsp3) is 0.235. The normalized spacial score (nSPS) is 20.1. The Kier molecular flexibility index (Phi) is 2.61. The SMILES string of the molecule is O=C1c2ccc(Cl)cc2C[C@@H]2c3ccccc3CCN12. The van der Waals surface area contributed by atoms with E-state index in [0.717, 1.165) is 30.5 Å². The molecule has 0 aromatic heterocycles. The summed E-state index contributed by atoms with van der Waals surface area (Å²) >= 11 is 6.07. The molecule has 0 bridgehead atoms. The Bertz CT molecular complexity index is 710. The minimum absolute atomic E-state index is 0.141. The second kappa shape index (κ2) is 4.35. The van der Waals surface area contributed by atoms with Crippen LogP contribution in [0.2, 0.25) is 5.02 Å². The van der Waals surface area contributed by atoms with E-state index in [2.05, 4.69) is 24.3 Å². The summed E-state index contributed by atoms with van der Waals surface area (Å²) in [6.45, 7) is 0.808. The van der Waals surface area contributed by atoms with Crippen LogP contribution in [0.1, 0.15) is 33.1 Å². The van der Waals surface area contributed by atoms with Crippen molar-refractivity contribution in [1.29, 1.82) is 0 Å². The largest absolute Gasteiger partial charge is 0.331 e. The summed E-state index contributed by atoms with van der Waals surface area (Å²) in [7, 11) is 0. The van der Waals surface area contributed by atoms with Crippen LogP contribution >= 0.6 is 11.6 Å². The van der Waals surface area contributed by atoms with Crippen molar-refractivity contribution >= 4 is 17.5 Å². The molecule has 0 unspecified atom stereocenters. The van der Waals surface area contributed by atoms with Gasteiger partial charge < -0.3 is 4.90 Å². The molecule has 3 heteroatoms. The van der Waals surface area contributed by atoms with Crippen LogP contribution in [-0.2, 0) is 12.8 Å². The van der Waals surface area contributed by atoms with Gasteiger partial charge in [0.05, 0.1) is 6.04 Å².